The zero-order valence-corrected chi connectivity index (χ0v) is 11.6. The number of carbonyl (C=O) groups is 1. The van der Waals surface area contributed by atoms with Gasteiger partial charge in [-0.1, -0.05) is 31.2 Å². The molecule has 0 saturated carbocycles. The number of benzene rings is 1. The van der Waals surface area contributed by atoms with E-state index in [1.165, 1.54) is 0 Å². The Labute approximate surface area is 118 Å². The van der Waals surface area contributed by atoms with Crippen LogP contribution in [-0.2, 0) is 11.3 Å². The summed E-state index contributed by atoms with van der Waals surface area (Å²) in [5.74, 6) is 0.489. The number of para-hydroxylation sites is 1. The van der Waals surface area contributed by atoms with Gasteiger partial charge in [0.1, 0.15) is 0 Å². The third-order valence-corrected chi connectivity index (χ3v) is 3.98. The second-order valence-electron chi connectivity index (χ2n) is 5.41. The van der Waals surface area contributed by atoms with E-state index in [0.717, 1.165) is 29.4 Å². The monoisotopic (exact) mass is 269 g/mol. The van der Waals surface area contributed by atoms with Crippen molar-refractivity contribution in [3.05, 3.63) is 42.1 Å². The van der Waals surface area contributed by atoms with E-state index in [0.29, 0.717) is 12.5 Å². The van der Waals surface area contributed by atoms with E-state index in [-0.39, 0.29) is 11.9 Å². The smallest absolute Gasteiger partial charge is 0.237 e. The maximum absolute atomic E-state index is 12.2. The van der Waals surface area contributed by atoms with Crippen molar-refractivity contribution in [2.24, 2.45) is 5.92 Å². The first-order chi connectivity index (χ1) is 9.75. The van der Waals surface area contributed by atoms with Crippen molar-refractivity contribution in [2.75, 3.05) is 6.54 Å². The lowest BCUT2D eigenvalue weighted by Crippen LogP contribution is -2.42. The van der Waals surface area contributed by atoms with Crippen LogP contribution in [0, 0.1) is 5.92 Å². The minimum Gasteiger partial charge on any atom is -0.351 e. The van der Waals surface area contributed by atoms with Gasteiger partial charge in [-0.3, -0.25) is 9.78 Å². The van der Waals surface area contributed by atoms with Gasteiger partial charge >= 0.3 is 0 Å². The molecule has 1 saturated heterocycles. The van der Waals surface area contributed by atoms with Gasteiger partial charge in [0.15, 0.2) is 0 Å². The maximum Gasteiger partial charge on any atom is 0.237 e. The SMILES string of the molecule is CC1CCNC1C(=O)NCc1cccc2cccnc12. The number of pyridine rings is 1. The summed E-state index contributed by atoms with van der Waals surface area (Å²) in [5.41, 5.74) is 2.02. The van der Waals surface area contributed by atoms with Gasteiger partial charge in [-0.05, 0) is 30.5 Å². The van der Waals surface area contributed by atoms with Crippen LogP contribution in [0.1, 0.15) is 18.9 Å². The van der Waals surface area contributed by atoms with E-state index in [2.05, 4.69) is 22.5 Å². The molecule has 2 atom stereocenters. The minimum absolute atomic E-state index is 0.0575. The van der Waals surface area contributed by atoms with Crippen LogP contribution in [0.4, 0.5) is 0 Å². The fourth-order valence-electron chi connectivity index (χ4n) is 2.79. The zero-order chi connectivity index (χ0) is 13.9. The molecule has 0 aliphatic carbocycles. The summed E-state index contributed by atoms with van der Waals surface area (Å²) in [6.45, 7) is 3.57. The molecule has 0 spiro atoms. The molecule has 4 heteroatoms. The summed E-state index contributed by atoms with van der Waals surface area (Å²) in [4.78, 5) is 16.6. The molecule has 104 valence electrons. The van der Waals surface area contributed by atoms with E-state index in [9.17, 15) is 4.79 Å². The van der Waals surface area contributed by atoms with Gasteiger partial charge < -0.3 is 10.6 Å². The second-order valence-corrected chi connectivity index (χ2v) is 5.41. The van der Waals surface area contributed by atoms with Crippen LogP contribution in [0.2, 0.25) is 0 Å². The average molecular weight is 269 g/mol. The Hall–Kier alpha value is -1.94. The molecule has 1 aliphatic heterocycles. The molecular formula is C16H19N3O. The first-order valence-corrected chi connectivity index (χ1v) is 7.09. The van der Waals surface area contributed by atoms with E-state index in [4.69, 9.17) is 0 Å². The van der Waals surface area contributed by atoms with Gasteiger partial charge in [0.05, 0.1) is 11.6 Å². The fourth-order valence-corrected chi connectivity index (χ4v) is 2.79. The standard InChI is InChI=1S/C16H19N3O/c1-11-7-9-18-14(11)16(20)19-10-13-5-2-4-12-6-3-8-17-15(12)13/h2-6,8,11,14,18H,7,9-10H2,1H3,(H,19,20). The van der Waals surface area contributed by atoms with Crippen molar-refractivity contribution in [1.29, 1.82) is 0 Å². The van der Waals surface area contributed by atoms with E-state index < -0.39 is 0 Å². The van der Waals surface area contributed by atoms with Gasteiger partial charge in [0, 0.05) is 18.1 Å². The number of carbonyl (C=O) groups excluding carboxylic acids is 1. The van der Waals surface area contributed by atoms with Crippen molar-refractivity contribution < 1.29 is 4.79 Å². The predicted octanol–water partition coefficient (Wildman–Crippen LogP) is 1.85. The van der Waals surface area contributed by atoms with Crippen LogP contribution in [0.5, 0.6) is 0 Å². The van der Waals surface area contributed by atoms with Crippen LogP contribution in [0.25, 0.3) is 10.9 Å². The molecule has 20 heavy (non-hydrogen) atoms. The van der Waals surface area contributed by atoms with E-state index in [1.54, 1.807) is 6.20 Å². The lowest BCUT2D eigenvalue weighted by atomic mass is 10.0. The van der Waals surface area contributed by atoms with Gasteiger partial charge in [0.2, 0.25) is 5.91 Å². The number of nitrogens with one attached hydrogen (secondary N) is 2. The highest BCUT2D eigenvalue weighted by Gasteiger charge is 2.28. The quantitative estimate of drug-likeness (QED) is 0.894. The highest BCUT2D eigenvalue weighted by molar-refractivity contribution is 5.84. The molecule has 3 rings (SSSR count). The largest absolute Gasteiger partial charge is 0.351 e. The minimum atomic E-state index is -0.0575. The van der Waals surface area contributed by atoms with E-state index in [1.807, 2.05) is 30.3 Å². The van der Waals surface area contributed by atoms with Crippen molar-refractivity contribution in [1.82, 2.24) is 15.6 Å². The molecule has 1 amide bonds. The molecular weight excluding hydrogens is 250 g/mol. The number of amides is 1. The number of fused-ring (bicyclic) bond motifs is 1. The lowest BCUT2D eigenvalue weighted by Gasteiger charge is -2.15. The number of hydrogen-bond donors (Lipinski definition) is 2. The van der Waals surface area contributed by atoms with Crippen molar-refractivity contribution in [2.45, 2.75) is 25.9 Å². The summed E-state index contributed by atoms with van der Waals surface area (Å²) >= 11 is 0. The first kappa shape index (κ1) is 13.1. The third-order valence-electron chi connectivity index (χ3n) is 3.98. The summed E-state index contributed by atoms with van der Waals surface area (Å²) < 4.78 is 0. The maximum atomic E-state index is 12.2. The molecule has 2 unspecified atom stereocenters. The Morgan fingerprint density at radius 1 is 1.40 bits per heavy atom. The molecule has 2 heterocycles. The second kappa shape index (κ2) is 5.59. The Morgan fingerprint density at radius 3 is 3.05 bits per heavy atom. The Kier molecular flexibility index (Phi) is 3.65. The summed E-state index contributed by atoms with van der Waals surface area (Å²) in [6, 6.07) is 9.96. The number of aromatic nitrogens is 1. The van der Waals surface area contributed by atoms with Crippen molar-refractivity contribution in [3.8, 4) is 0 Å². The molecule has 2 aromatic rings. The normalized spacial score (nSPS) is 22.1. The highest BCUT2D eigenvalue weighted by Crippen LogP contribution is 2.17. The van der Waals surface area contributed by atoms with Crippen LogP contribution in [0.3, 0.4) is 0 Å². The molecule has 1 aromatic carbocycles. The van der Waals surface area contributed by atoms with Gasteiger partial charge in [-0.2, -0.15) is 0 Å². The summed E-state index contributed by atoms with van der Waals surface area (Å²) in [6.07, 6.45) is 2.85. The Balaban J connectivity index is 1.72. The Morgan fingerprint density at radius 2 is 2.25 bits per heavy atom. The number of rotatable bonds is 3. The highest BCUT2D eigenvalue weighted by atomic mass is 16.2. The molecule has 4 nitrogen and oxygen atoms in total. The predicted molar refractivity (Wildman–Crippen MR) is 79.2 cm³/mol. The van der Waals surface area contributed by atoms with Gasteiger partial charge in [0.25, 0.3) is 0 Å². The molecule has 0 bridgehead atoms. The molecule has 2 N–H and O–H groups in total. The zero-order valence-electron chi connectivity index (χ0n) is 11.6. The molecule has 0 radical (unpaired) electrons. The van der Waals surface area contributed by atoms with E-state index >= 15 is 0 Å². The van der Waals surface area contributed by atoms with Crippen molar-refractivity contribution >= 4 is 16.8 Å². The third kappa shape index (κ3) is 2.51. The van der Waals surface area contributed by atoms with Crippen LogP contribution < -0.4 is 10.6 Å². The van der Waals surface area contributed by atoms with Gasteiger partial charge in [-0.15, -0.1) is 0 Å². The number of hydrogen-bond acceptors (Lipinski definition) is 3. The van der Waals surface area contributed by atoms with Crippen LogP contribution in [-0.4, -0.2) is 23.5 Å². The summed E-state index contributed by atoms with van der Waals surface area (Å²) in [7, 11) is 0. The van der Waals surface area contributed by atoms with Gasteiger partial charge in [-0.25, -0.2) is 0 Å². The Bertz CT molecular complexity index is 621. The van der Waals surface area contributed by atoms with Crippen LogP contribution in [0.15, 0.2) is 36.5 Å². The van der Waals surface area contributed by atoms with Crippen LogP contribution >= 0.6 is 0 Å². The van der Waals surface area contributed by atoms with Crippen molar-refractivity contribution in [3.63, 3.8) is 0 Å². The average Bonchev–Trinajstić information content (AvgIpc) is 2.91. The summed E-state index contributed by atoms with van der Waals surface area (Å²) in [5, 5.41) is 7.38. The topological polar surface area (TPSA) is 54.0 Å². The first-order valence-electron chi connectivity index (χ1n) is 7.09. The number of nitrogens with zero attached hydrogens (tertiary/aromatic N) is 1. The fraction of sp³-hybridized carbons (Fsp3) is 0.375. The molecule has 1 aliphatic rings. The lowest BCUT2D eigenvalue weighted by molar-refractivity contribution is -0.123. The molecule has 1 aromatic heterocycles. The molecule has 1 fully saturated rings.